The van der Waals surface area contributed by atoms with Crippen LogP contribution in [0.4, 0.5) is 5.69 Å². The van der Waals surface area contributed by atoms with Gasteiger partial charge in [-0.05, 0) is 6.07 Å². The summed E-state index contributed by atoms with van der Waals surface area (Å²) in [4.78, 5) is 9.45. The fraction of sp³-hybridized carbons (Fsp3) is 0.300. The van der Waals surface area contributed by atoms with Gasteiger partial charge in [0.15, 0.2) is 5.69 Å². The zero-order valence-corrected chi connectivity index (χ0v) is 9.35. The van der Waals surface area contributed by atoms with Crippen molar-refractivity contribution in [1.29, 1.82) is 0 Å². The molecule has 88 valence electrons. The summed E-state index contributed by atoms with van der Waals surface area (Å²) in [6.45, 7) is -0.117. The van der Waals surface area contributed by atoms with Crippen molar-refractivity contribution in [1.82, 2.24) is 4.81 Å². The van der Waals surface area contributed by atoms with E-state index in [4.69, 9.17) is 17.3 Å². The monoisotopic (exact) mass is 244 g/mol. The summed E-state index contributed by atoms with van der Waals surface area (Å²) in [5.41, 5.74) is 5.08. The fourth-order valence-electron chi connectivity index (χ4n) is 1.38. The molecule has 6 heteroatoms. The summed E-state index contributed by atoms with van der Waals surface area (Å²) < 4.78 is 0. The second-order valence-electron chi connectivity index (χ2n) is 3.35. The van der Waals surface area contributed by atoms with Crippen LogP contribution in [0.15, 0.2) is 24.3 Å². The third kappa shape index (κ3) is 2.93. The summed E-state index contributed by atoms with van der Waals surface area (Å²) in [5.74, 6) is -0.476. The normalized spacial score (nSPS) is 14.4. The molecule has 1 amide bonds. The lowest BCUT2D eigenvalue weighted by molar-refractivity contribution is -0.0314. The molecule has 0 heterocycles. The molecule has 0 aliphatic heterocycles. The van der Waals surface area contributed by atoms with Crippen LogP contribution in [0.1, 0.15) is 16.8 Å². The number of nitrogens with zero attached hydrogens (tertiary/aromatic N) is 1. The van der Waals surface area contributed by atoms with Gasteiger partial charge in [-0.25, -0.2) is 5.21 Å². The molecule has 1 atom stereocenters. The van der Waals surface area contributed by atoms with Crippen molar-refractivity contribution in [3.63, 3.8) is 0 Å². The zero-order chi connectivity index (χ0) is 12.2. The molecule has 0 fully saturated rings. The van der Waals surface area contributed by atoms with Gasteiger partial charge in [-0.3, -0.25) is 4.79 Å². The number of amides is 1. The van der Waals surface area contributed by atoms with Crippen molar-refractivity contribution in [3.8, 4) is 0 Å². The van der Waals surface area contributed by atoms with Gasteiger partial charge in [-0.15, -0.1) is 11.6 Å². The first-order chi connectivity index (χ1) is 7.49. The lowest BCUT2D eigenvalue weighted by Gasteiger charge is -2.33. The van der Waals surface area contributed by atoms with Crippen molar-refractivity contribution in [2.75, 3.05) is 12.4 Å². The molecule has 0 aliphatic carbocycles. The average molecular weight is 245 g/mol. The van der Waals surface area contributed by atoms with Gasteiger partial charge in [-0.2, -0.15) is 4.81 Å². The number of halogens is 1. The van der Waals surface area contributed by atoms with Crippen molar-refractivity contribution in [3.05, 3.63) is 35.0 Å². The number of rotatable bonds is 5. The fourth-order valence-corrected chi connectivity index (χ4v) is 1.50. The third-order valence-electron chi connectivity index (χ3n) is 2.14. The Kier molecular flexibility index (Phi) is 4.26. The highest BCUT2D eigenvalue weighted by molar-refractivity contribution is 6.17. The molecule has 1 aromatic carbocycles. The Morgan fingerprint density at radius 1 is 1.50 bits per heavy atom. The number of benzene rings is 1. The summed E-state index contributed by atoms with van der Waals surface area (Å²) in [6, 6.07) is 5.91. The zero-order valence-electron chi connectivity index (χ0n) is 8.60. The van der Waals surface area contributed by atoms with E-state index in [0.29, 0.717) is 6.42 Å². The second kappa shape index (κ2) is 5.27. The van der Waals surface area contributed by atoms with Gasteiger partial charge in [0, 0.05) is 18.4 Å². The molecule has 0 bridgehead atoms. The van der Waals surface area contributed by atoms with Gasteiger partial charge in [0.2, 0.25) is 0 Å². The number of hydrogen-bond donors (Lipinski definition) is 2. The largest absolute Gasteiger partial charge is 0.593 e. The van der Waals surface area contributed by atoms with E-state index in [2.05, 4.69) is 0 Å². The van der Waals surface area contributed by atoms with Crippen molar-refractivity contribution in [2.45, 2.75) is 6.42 Å². The molecule has 1 aromatic rings. The van der Waals surface area contributed by atoms with Gasteiger partial charge in [-0.1, -0.05) is 12.1 Å². The molecule has 3 N–H and O–H groups in total. The van der Waals surface area contributed by atoms with E-state index >= 15 is 0 Å². The Balaban J connectivity index is 3.06. The number of carbonyl (C=O) groups is 1. The maximum Gasteiger partial charge on any atom is 0.254 e. The van der Waals surface area contributed by atoms with Crippen LogP contribution in [0, 0.1) is 5.21 Å². The quantitative estimate of drug-likeness (QED) is 0.469. The molecule has 0 saturated heterocycles. The van der Waals surface area contributed by atoms with Gasteiger partial charge < -0.3 is 10.9 Å². The number of para-hydroxylation sites is 1. The first-order valence-corrected chi connectivity index (χ1v) is 5.29. The Labute approximate surface area is 98.2 Å². The highest BCUT2D eigenvalue weighted by Gasteiger charge is 2.23. The molecule has 5 nitrogen and oxygen atoms in total. The van der Waals surface area contributed by atoms with E-state index < -0.39 is 10.7 Å². The Bertz CT molecular complexity index is 382. The van der Waals surface area contributed by atoms with E-state index in [-0.39, 0.29) is 23.7 Å². The minimum Gasteiger partial charge on any atom is -0.593 e. The molecule has 0 aliphatic rings. The summed E-state index contributed by atoms with van der Waals surface area (Å²) in [5, 5.41) is 21.5. The predicted octanol–water partition coefficient (Wildman–Crippen LogP) is 1.61. The number of hydrogen-bond acceptors (Lipinski definition) is 3. The van der Waals surface area contributed by atoms with Crippen molar-refractivity contribution >= 4 is 23.2 Å². The molecular formula is C10H13ClN2O3. The standard InChI is InChI=1S/C10H13ClN2O3/c11-6-3-7-13(15,16)9-5-2-1-4-8(9)10(12)14/h1-2,4-5,15H,3,6-7H2,(H2,12,14). The number of quaternary nitrogens is 1. The number of hydroxylamine groups is 2. The van der Waals surface area contributed by atoms with E-state index in [1.807, 2.05) is 0 Å². The minimum absolute atomic E-state index is 0.0228. The highest BCUT2D eigenvalue weighted by Crippen LogP contribution is 2.24. The molecule has 1 rings (SSSR count). The molecular weight excluding hydrogens is 232 g/mol. The molecule has 1 unspecified atom stereocenters. The lowest BCUT2D eigenvalue weighted by atomic mass is 10.1. The number of alkyl halides is 1. The predicted molar refractivity (Wildman–Crippen MR) is 62.1 cm³/mol. The molecule has 0 saturated carbocycles. The highest BCUT2D eigenvalue weighted by atomic mass is 35.5. The van der Waals surface area contributed by atoms with Crippen LogP contribution in [0.2, 0.25) is 0 Å². The van der Waals surface area contributed by atoms with Crippen LogP contribution in [-0.2, 0) is 0 Å². The van der Waals surface area contributed by atoms with Crippen LogP contribution in [0.25, 0.3) is 0 Å². The average Bonchev–Trinajstić information content (AvgIpc) is 2.26. The minimum atomic E-state index is -1.63. The van der Waals surface area contributed by atoms with Crippen LogP contribution in [0.5, 0.6) is 0 Å². The number of primary amides is 1. The maximum absolute atomic E-state index is 11.8. The molecule has 16 heavy (non-hydrogen) atoms. The summed E-state index contributed by atoms with van der Waals surface area (Å²) in [6.07, 6.45) is 0.342. The van der Waals surface area contributed by atoms with E-state index in [9.17, 15) is 15.2 Å². The number of nitrogens with two attached hydrogens (primary N) is 1. The first-order valence-electron chi connectivity index (χ1n) is 4.76. The van der Waals surface area contributed by atoms with Crippen molar-refractivity contribution < 1.29 is 10.0 Å². The molecule has 0 radical (unpaired) electrons. The molecule has 0 aromatic heterocycles. The molecule has 0 spiro atoms. The van der Waals surface area contributed by atoms with Crippen LogP contribution in [-0.4, -0.2) is 23.5 Å². The first kappa shape index (κ1) is 12.9. The van der Waals surface area contributed by atoms with Gasteiger partial charge in [0.25, 0.3) is 5.91 Å². The second-order valence-corrected chi connectivity index (χ2v) is 3.73. The van der Waals surface area contributed by atoms with Crippen LogP contribution in [0.3, 0.4) is 0 Å². The summed E-state index contributed by atoms with van der Waals surface area (Å²) >= 11 is 5.45. The van der Waals surface area contributed by atoms with Gasteiger partial charge >= 0.3 is 0 Å². The Hall–Kier alpha value is -1.14. The maximum atomic E-state index is 11.8. The topological polar surface area (TPSA) is 86.4 Å². The summed E-state index contributed by atoms with van der Waals surface area (Å²) in [7, 11) is 0. The van der Waals surface area contributed by atoms with Crippen LogP contribution >= 0.6 is 11.6 Å². The van der Waals surface area contributed by atoms with Crippen LogP contribution < -0.4 is 10.5 Å². The van der Waals surface area contributed by atoms with Crippen molar-refractivity contribution in [2.24, 2.45) is 5.73 Å². The van der Waals surface area contributed by atoms with E-state index in [0.717, 1.165) is 0 Å². The third-order valence-corrected chi connectivity index (χ3v) is 2.41. The Morgan fingerprint density at radius 2 is 2.12 bits per heavy atom. The van der Waals surface area contributed by atoms with Gasteiger partial charge in [0.05, 0.1) is 0 Å². The SMILES string of the molecule is NC(=O)c1ccccc1[N+]([O-])(O)CCCCl. The number of carbonyl (C=O) groups excluding carboxylic acids is 1. The Morgan fingerprint density at radius 3 is 2.69 bits per heavy atom. The smallest absolute Gasteiger partial charge is 0.254 e. The van der Waals surface area contributed by atoms with Gasteiger partial charge in [0.1, 0.15) is 12.1 Å². The van der Waals surface area contributed by atoms with E-state index in [1.165, 1.54) is 12.1 Å². The lowest BCUT2D eigenvalue weighted by Crippen LogP contribution is -2.41. The van der Waals surface area contributed by atoms with E-state index in [1.54, 1.807) is 12.1 Å².